The van der Waals surface area contributed by atoms with Crippen LogP contribution in [0.15, 0.2) is 0 Å². The molecule has 1 N–H and O–H groups in total. The van der Waals surface area contributed by atoms with E-state index in [4.69, 9.17) is 0 Å². The van der Waals surface area contributed by atoms with Crippen LogP contribution in [0, 0.1) is 0 Å². The Hall–Kier alpha value is -0.120. The summed E-state index contributed by atoms with van der Waals surface area (Å²) in [4.78, 5) is 5.29. The molecule has 2 fully saturated rings. The maximum atomic E-state index is 9.69. The highest BCUT2D eigenvalue weighted by atomic mass is 16.3. The number of aliphatic hydroxyl groups excluding tert-OH is 1. The number of nitrogens with zero attached hydrogens (tertiary/aromatic N) is 2. The summed E-state index contributed by atoms with van der Waals surface area (Å²) in [6.45, 7) is 8.22. The zero-order valence-corrected chi connectivity index (χ0v) is 12.7. The Bertz CT molecular complexity index is 239. The molecule has 19 heavy (non-hydrogen) atoms. The minimum atomic E-state index is -0.152. The second-order valence-corrected chi connectivity index (χ2v) is 6.53. The topological polar surface area (TPSA) is 26.7 Å². The Kier molecular flexibility index (Phi) is 6.62. The highest BCUT2D eigenvalue weighted by Gasteiger charge is 2.22. The van der Waals surface area contributed by atoms with E-state index in [1.54, 1.807) is 0 Å². The van der Waals surface area contributed by atoms with Gasteiger partial charge in [0.2, 0.25) is 0 Å². The van der Waals surface area contributed by atoms with Gasteiger partial charge in [-0.15, -0.1) is 0 Å². The van der Waals surface area contributed by atoms with Crippen LogP contribution >= 0.6 is 0 Å². The van der Waals surface area contributed by atoms with E-state index in [1.165, 1.54) is 77.7 Å². The minimum Gasteiger partial charge on any atom is -0.393 e. The van der Waals surface area contributed by atoms with Gasteiger partial charge in [0.15, 0.2) is 0 Å². The molecule has 2 rings (SSSR count). The molecule has 2 heterocycles. The fourth-order valence-electron chi connectivity index (χ4n) is 3.64. The molecule has 0 aromatic rings. The first-order chi connectivity index (χ1) is 9.25. The van der Waals surface area contributed by atoms with Gasteiger partial charge in [0.1, 0.15) is 0 Å². The van der Waals surface area contributed by atoms with Crippen molar-refractivity contribution >= 4 is 0 Å². The van der Waals surface area contributed by atoms with Gasteiger partial charge in [-0.25, -0.2) is 0 Å². The fraction of sp³-hybridized carbons (Fsp3) is 1.00. The van der Waals surface area contributed by atoms with Crippen molar-refractivity contribution in [3.63, 3.8) is 0 Å². The average Bonchev–Trinajstić information content (AvgIpc) is 2.62. The molecule has 0 amide bonds. The summed E-state index contributed by atoms with van der Waals surface area (Å²) >= 11 is 0. The molecule has 0 radical (unpaired) electrons. The van der Waals surface area contributed by atoms with Crippen LogP contribution in [0.25, 0.3) is 0 Å². The van der Waals surface area contributed by atoms with E-state index < -0.39 is 0 Å². The summed E-state index contributed by atoms with van der Waals surface area (Å²) < 4.78 is 0. The lowest BCUT2D eigenvalue weighted by Crippen LogP contribution is -2.43. The number of aliphatic hydroxyl groups is 1. The largest absolute Gasteiger partial charge is 0.393 e. The molecule has 2 aliphatic heterocycles. The van der Waals surface area contributed by atoms with Gasteiger partial charge in [0.05, 0.1) is 6.10 Å². The van der Waals surface area contributed by atoms with Crippen molar-refractivity contribution in [2.45, 2.75) is 70.4 Å². The minimum absolute atomic E-state index is 0.152. The van der Waals surface area contributed by atoms with Crippen LogP contribution in [0.3, 0.4) is 0 Å². The lowest BCUT2D eigenvalue weighted by molar-refractivity contribution is 0.0996. The van der Waals surface area contributed by atoms with Crippen LogP contribution < -0.4 is 0 Å². The summed E-state index contributed by atoms with van der Waals surface area (Å²) in [5.74, 6) is 0. The van der Waals surface area contributed by atoms with Gasteiger partial charge < -0.3 is 10.0 Å². The number of piperidine rings is 1. The summed E-state index contributed by atoms with van der Waals surface area (Å²) in [6.07, 6.45) is 10.3. The smallest absolute Gasteiger partial charge is 0.0527 e. The van der Waals surface area contributed by atoms with Crippen molar-refractivity contribution in [1.82, 2.24) is 9.80 Å². The van der Waals surface area contributed by atoms with Gasteiger partial charge in [-0.1, -0.05) is 19.3 Å². The van der Waals surface area contributed by atoms with Crippen molar-refractivity contribution in [1.29, 1.82) is 0 Å². The first-order valence-corrected chi connectivity index (χ1v) is 8.40. The number of likely N-dealkylation sites (tertiary alicyclic amines) is 2. The molecule has 0 aliphatic carbocycles. The van der Waals surface area contributed by atoms with Crippen molar-refractivity contribution in [2.75, 3.05) is 32.7 Å². The molecule has 0 saturated carbocycles. The summed E-state index contributed by atoms with van der Waals surface area (Å²) in [5, 5.41) is 9.69. The van der Waals surface area contributed by atoms with Crippen molar-refractivity contribution < 1.29 is 5.11 Å². The predicted molar refractivity (Wildman–Crippen MR) is 80.4 cm³/mol. The van der Waals surface area contributed by atoms with E-state index in [2.05, 4.69) is 9.80 Å². The Morgan fingerprint density at radius 2 is 1.63 bits per heavy atom. The molecule has 3 nitrogen and oxygen atoms in total. The molecule has 0 bridgehead atoms. The third-order valence-electron chi connectivity index (χ3n) is 4.76. The van der Waals surface area contributed by atoms with E-state index in [-0.39, 0.29) is 6.10 Å². The standard InChI is InChI=1S/C16H32N2O/c1-15(19)14-16-8-4-2-7-11-18(16)13-12-17-9-5-3-6-10-17/h15-16,19H,2-14H2,1H3. The quantitative estimate of drug-likeness (QED) is 0.830. The first-order valence-electron chi connectivity index (χ1n) is 8.40. The van der Waals surface area contributed by atoms with Gasteiger partial charge in [-0.2, -0.15) is 0 Å². The van der Waals surface area contributed by atoms with E-state index in [1.807, 2.05) is 6.92 Å². The summed E-state index contributed by atoms with van der Waals surface area (Å²) in [6, 6.07) is 0.618. The monoisotopic (exact) mass is 268 g/mol. The molecule has 0 aromatic heterocycles. The van der Waals surface area contributed by atoms with Gasteiger partial charge in [-0.3, -0.25) is 4.90 Å². The molecule has 112 valence electrons. The summed E-state index contributed by atoms with van der Waals surface area (Å²) in [7, 11) is 0. The molecule has 0 spiro atoms. The van der Waals surface area contributed by atoms with Crippen LogP contribution in [-0.4, -0.2) is 59.8 Å². The van der Waals surface area contributed by atoms with E-state index in [0.29, 0.717) is 6.04 Å². The highest BCUT2D eigenvalue weighted by molar-refractivity contribution is 4.78. The van der Waals surface area contributed by atoms with Crippen LogP contribution in [0.1, 0.15) is 58.3 Å². The van der Waals surface area contributed by atoms with Crippen molar-refractivity contribution in [3.05, 3.63) is 0 Å². The lowest BCUT2D eigenvalue weighted by Gasteiger charge is -2.34. The van der Waals surface area contributed by atoms with Crippen molar-refractivity contribution in [2.24, 2.45) is 0 Å². The van der Waals surface area contributed by atoms with Gasteiger partial charge >= 0.3 is 0 Å². The van der Waals surface area contributed by atoms with Crippen LogP contribution in [0.4, 0.5) is 0 Å². The van der Waals surface area contributed by atoms with Crippen LogP contribution in [-0.2, 0) is 0 Å². The zero-order chi connectivity index (χ0) is 13.5. The SMILES string of the molecule is CC(O)CC1CCCCCN1CCN1CCCCC1. The normalized spacial score (nSPS) is 29.1. The molecule has 2 atom stereocenters. The number of rotatable bonds is 5. The predicted octanol–water partition coefficient (Wildman–Crippen LogP) is 2.49. The number of hydrogen-bond acceptors (Lipinski definition) is 3. The average molecular weight is 268 g/mol. The fourth-order valence-corrected chi connectivity index (χ4v) is 3.64. The maximum Gasteiger partial charge on any atom is 0.0527 e. The van der Waals surface area contributed by atoms with Gasteiger partial charge in [0, 0.05) is 19.1 Å². The third kappa shape index (κ3) is 5.41. The Morgan fingerprint density at radius 1 is 0.947 bits per heavy atom. The molecule has 3 heteroatoms. The molecule has 2 unspecified atom stereocenters. The van der Waals surface area contributed by atoms with Gasteiger partial charge in [0.25, 0.3) is 0 Å². The summed E-state index contributed by atoms with van der Waals surface area (Å²) in [5.41, 5.74) is 0. The van der Waals surface area contributed by atoms with E-state index in [0.717, 1.165) is 6.42 Å². The van der Waals surface area contributed by atoms with Gasteiger partial charge in [-0.05, 0) is 58.7 Å². The van der Waals surface area contributed by atoms with E-state index in [9.17, 15) is 5.11 Å². The third-order valence-corrected chi connectivity index (χ3v) is 4.76. The second kappa shape index (κ2) is 8.23. The Balaban J connectivity index is 1.79. The second-order valence-electron chi connectivity index (χ2n) is 6.53. The van der Waals surface area contributed by atoms with Crippen LogP contribution in [0.2, 0.25) is 0 Å². The van der Waals surface area contributed by atoms with Crippen molar-refractivity contribution in [3.8, 4) is 0 Å². The molecular weight excluding hydrogens is 236 g/mol. The molecular formula is C16H32N2O. The highest BCUT2D eigenvalue weighted by Crippen LogP contribution is 2.20. The molecule has 0 aromatic carbocycles. The molecule has 2 saturated heterocycles. The molecule has 2 aliphatic rings. The Labute approximate surface area is 119 Å². The maximum absolute atomic E-state index is 9.69. The lowest BCUT2D eigenvalue weighted by atomic mass is 10.0. The first kappa shape index (κ1) is 15.3. The number of hydrogen-bond donors (Lipinski definition) is 1. The van der Waals surface area contributed by atoms with Crippen LogP contribution in [0.5, 0.6) is 0 Å². The van der Waals surface area contributed by atoms with E-state index >= 15 is 0 Å². The zero-order valence-electron chi connectivity index (χ0n) is 12.7. The Morgan fingerprint density at radius 3 is 2.37 bits per heavy atom.